The number of imide groups is 1. The van der Waals surface area contributed by atoms with Crippen LogP contribution in [0.1, 0.15) is 20.7 Å². The van der Waals surface area contributed by atoms with Crippen molar-refractivity contribution in [1.82, 2.24) is 5.32 Å². The van der Waals surface area contributed by atoms with Crippen molar-refractivity contribution in [2.24, 2.45) is 0 Å². The van der Waals surface area contributed by atoms with Crippen molar-refractivity contribution in [1.29, 1.82) is 0 Å². The van der Waals surface area contributed by atoms with E-state index in [-0.39, 0.29) is 11.8 Å². The van der Waals surface area contributed by atoms with Gasteiger partial charge in [0.05, 0.1) is 8.07 Å². The molecular formula is C15H15NO2Si. The fraction of sp³-hybridized carbons (Fsp3) is 0.200. The van der Waals surface area contributed by atoms with Gasteiger partial charge >= 0.3 is 0 Å². The number of benzene rings is 2. The number of hydrogen-bond acceptors (Lipinski definition) is 2. The molecule has 4 heteroatoms. The molecule has 2 aromatic rings. The van der Waals surface area contributed by atoms with Gasteiger partial charge in [-0.05, 0) is 17.5 Å². The molecule has 0 saturated carbocycles. The second-order valence-electron chi connectivity index (χ2n) is 5.92. The topological polar surface area (TPSA) is 46.2 Å². The molecule has 1 aliphatic rings. The number of carbonyl (C=O) groups is 2. The van der Waals surface area contributed by atoms with E-state index in [9.17, 15) is 9.59 Å². The molecule has 3 nitrogen and oxygen atoms in total. The molecule has 1 aliphatic heterocycles. The molecule has 96 valence electrons. The minimum atomic E-state index is -1.52. The Morgan fingerprint density at radius 1 is 0.895 bits per heavy atom. The molecule has 2 aromatic carbocycles. The second-order valence-corrected chi connectivity index (χ2v) is 11.0. The van der Waals surface area contributed by atoms with Gasteiger partial charge in [-0.15, -0.1) is 0 Å². The zero-order valence-corrected chi connectivity index (χ0v) is 12.2. The average Bonchev–Trinajstić information content (AvgIpc) is 2.33. The Kier molecular flexibility index (Phi) is 2.41. The first-order valence-electron chi connectivity index (χ1n) is 6.31. The highest BCUT2D eigenvalue weighted by atomic mass is 28.3. The predicted octanol–water partition coefficient (Wildman–Crippen LogP) is 2.27. The maximum Gasteiger partial charge on any atom is 0.258 e. The summed E-state index contributed by atoms with van der Waals surface area (Å²) in [5.74, 6) is -0.591. The van der Waals surface area contributed by atoms with Crippen molar-refractivity contribution >= 4 is 35.8 Å². The molecule has 0 radical (unpaired) electrons. The molecule has 3 rings (SSSR count). The number of nitrogens with one attached hydrogen (secondary N) is 1. The van der Waals surface area contributed by atoms with E-state index in [0.717, 1.165) is 10.8 Å². The van der Waals surface area contributed by atoms with Crippen LogP contribution in [0.4, 0.5) is 0 Å². The molecule has 0 aromatic heterocycles. The lowest BCUT2D eigenvalue weighted by Gasteiger charge is -2.23. The van der Waals surface area contributed by atoms with Crippen molar-refractivity contribution in [3.8, 4) is 0 Å². The quantitative estimate of drug-likeness (QED) is 0.637. The number of carbonyl (C=O) groups excluding carboxylic acids is 2. The molecule has 2 amide bonds. The molecule has 0 bridgehead atoms. The van der Waals surface area contributed by atoms with Gasteiger partial charge in [0.1, 0.15) is 0 Å². The largest absolute Gasteiger partial charge is 0.288 e. The van der Waals surface area contributed by atoms with Crippen LogP contribution in [0.15, 0.2) is 30.3 Å². The van der Waals surface area contributed by atoms with Gasteiger partial charge in [0.25, 0.3) is 11.8 Å². The van der Waals surface area contributed by atoms with Crippen molar-refractivity contribution in [2.45, 2.75) is 19.6 Å². The molecule has 0 spiro atoms. The van der Waals surface area contributed by atoms with Crippen LogP contribution in [0.3, 0.4) is 0 Å². The third-order valence-corrected chi connectivity index (χ3v) is 5.62. The molecule has 0 fully saturated rings. The lowest BCUT2D eigenvalue weighted by molar-refractivity contribution is 0.0845. The third-order valence-electron chi connectivity index (χ3n) is 3.56. The molecule has 1 heterocycles. The fourth-order valence-electron chi connectivity index (χ4n) is 2.68. The standard InChI is InChI=1S/C15H15NO2Si/c1-19(2,3)12-8-7-11-13-9(12)5-4-6-10(13)14(17)16-15(11)18/h4-8H,1-3H3,(H,16,17,18). The minimum absolute atomic E-state index is 0.296. The van der Waals surface area contributed by atoms with Crippen molar-refractivity contribution in [3.63, 3.8) is 0 Å². The smallest absolute Gasteiger partial charge is 0.258 e. The van der Waals surface area contributed by atoms with E-state index >= 15 is 0 Å². The van der Waals surface area contributed by atoms with Crippen LogP contribution in [0.25, 0.3) is 10.8 Å². The van der Waals surface area contributed by atoms with Crippen LogP contribution in [0.2, 0.25) is 19.6 Å². The Bertz CT molecular complexity index is 708. The SMILES string of the molecule is C[Si](C)(C)c1ccc2c3c(cccc13)C(=O)NC2=O. The van der Waals surface area contributed by atoms with E-state index in [4.69, 9.17) is 0 Å². The van der Waals surface area contributed by atoms with E-state index in [0.29, 0.717) is 11.1 Å². The summed E-state index contributed by atoms with van der Waals surface area (Å²) < 4.78 is 0. The third kappa shape index (κ3) is 1.71. The Morgan fingerprint density at radius 2 is 1.53 bits per heavy atom. The first kappa shape index (κ1) is 12.1. The van der Waals surface area contributed by atoms with Gasteiger partial charge in [-0.1, -0.05) is 43.0 Å². The predicted molar refractivity (Wildman–Crippen MR) is 78.7 cm³/mol. The van der Waals surface area contributed by atoms with Gasteiger partial charge in [0.15, 0.2) is 0 Å². The summed E-state index contributed by atoms with van der Waals surface area (Å²) >= 11 is 0. The van der Waals surface area contributed by atoms with Crippen LogP contribution in [-0.2, 0) is 0 Å². The first-order chi connectivity index (χ1) is 8.89. The van der Waals surface area contributed by atoms with E-state index in [1.54, 1.807) is 6.07 Å². The highest BCUT2D eigenvalue weighted by molar-refractivity contribution is 6.90. The summed E-state index contributed by atoms with van der Waals surface area (Å²) in [6, 6.07) is 9.58. The summed E-state index contributed by atoms with van der Waals surface area (Å²) in [7, 11) is -1.52. The van der Waals surface area contributed by atoms with Crippen LogP contribution in [-0.4, -0.2) is 19.9 Å². The lowest BCUT2D eigenvalue weighted by Crippen LogP contribution is -2.40. The number of rotatable bonds is 1. The number of amides is 2. The van der Waals surface area contributed by atoms with E-state index in [1.165, 1.54) is 5.19 Å². The minimum Gasteiger partial charge on any atom is -0.288 e. The summed E-state index contributed by atoms with van der Waals surface area (Å²) in [5.41, 5.74) is 1.21. The average molecular weight is 269 g/mol. The van der Waals surface area contributed by atoms with Gasteiger partial charge in [0.2, 0.25) is 0 Å². The van der Waals surface area contributed by atoms with Gasteiger partial charge in [0, 0.05) is 16.5 Å². The Morgan fingerprint density at radius 3 is 2.16 bits per heavy atom. The highest BCUT2D eigenvalue weighted by Crippen LogP contribution is 2.26. The molecule has 0 atom stereocenters. The highest BCUT2D eigenvalue weighted by Gasteiger charge is 2.28. The van der Waals surface area contributed by atoms with Crippen molar-refractivity contribution in [3.05, 3.63) is 41.5 Å². The van der Waals surface area contributed by atoms with Gasteiger partial charge in [-0.3, -0.25) is 14.9 Å². The Labute approximate surface area is 112 Å². The van der Waals surface area contributed by atoms with E-state index in [1.807, 2.05) is 24.3 Å². The molecule has 0 saturated heterocycles. The Hall–Kier alpha value is -1.94. The second kappa shape index (κ2) is 3.77. The first-order valence-corrected chi connectivity index (χ1v) is 9.81. The normalized spacial score (nSPS) is 14.7. The summed E-state index contributed by atoms with van der Waals surface area (Å²) in [6.07, 6.45) is 0. The fourth-order valence-corrected chi connectivity index (χ4v) is 4.28. The zero-order chi connectivity index (χ0) is 13.8. The Balaban J connectivity index is 2.49. The molecule has 0 aliphatic carbocycles. The van der Waals surface area contributed by atoms with E-state index in [2.05, 4.69) is 25.0 Å². The van der Waals surface area contributed by atoms with Crippen LogP contribution in [0.5, 0.6) is 0 Å². The monoisotopic (exact) mass is 269 g/mol. The summed E-state index contributed by atoms with van der Waals surface area (Å²) in [5, 5.41) is 5.54. The summed E-state index contributed by atoms with van der Waals surface area (Å²) in [4.78, 5) is 23.8. The van der Waals surface area contributed by atoms with Crippen LogP contribution < -0.4 is 10.5 Å². The summed E-state index contributed by atoms with van der Waals surface area (Å²) in [6.45, 7) is 6.80. The van der Waals surface area contributed by atoms with Gasteiger partial charge < -0.3 is 0 Å². The zero-order valence-electron chi connectivity index (χ0n) is 11.2. The van der Waals surface area contributed by atoms with Gasteiger partial charge in [-0.2, -0.15) is 0 Å². The van der Waals surface area contributed by atoms with E-state index < -0.39 is 8.07 Å². The number of hydrogen-bond donors (Lipinski definition) is 1. The van der Waals surface area contributed by atoms with Crippen molar-refractivity contribution < 1.29 is 9.59 Å². The maximum atomic E-state index is 11.9. The van der Waals surface area contributed by atoms with Gasteiger partial charge in [-0.25, -0.2) is 0 Å². The lowest BCUT2D eigenvalue weighted by atomic mass is 9.95. The molecule has 0 unspecified atom stereocenters. The van der Waals surface area contributed by atoms with Crippen LogP contribution in [0, 0.1) is 0 Å². The maximum absolute atomic E-state index is 11.9. The molecule has 19 heavy (non-hydrogen) atoms. The molecule has 1 N–H and O–H groups in total. The van der Waals surface area contributed by atoms with Crippen molar-refractivity contribution in [2.75, 3.05) is 0 Å². The molecular weight excluding hydrogens is 254 g/mol. The van der Waals surface area contributed by atoms with Crippen LogP contribution >= 0.6 is 0 Å².